The minimum Gasteiger partial charge on any atom is -0.475 e. The number of rotatable bonds is 6. The van der Waals surface area contributed by atoms with Crippen molar-refractivity contribution in [1.82, 2.24) is 25.7 Å². The molecule has 4 rings (SSSR count). The summed E-state index contributed by atoms with van der Waals surface area (Å²) in [6.45, 7) is 5.24. The van der Waals surface area contributed by atoms with Gasteiger partial charge in [-0.3, -0.25) is 15.5 Å². The highest BCUT2D eigenvalue weighted by molar-refractivity contribution is 9.10. The van der Waals surface area contributed by atoms with Crippen molar-refractivity contribution < 1.29 is 42.1 Å². The number of halogens is 5. The summed E-state index contributed by atoms with van der Waals surface area (Å²) in [5.74, 6) is -3.55. The first-order valence-corrected chi connectivity index (χ1v) is 13.2. The SMILES string of the molecule is CCN1CCC(c2nc(C(=O)Nc3nonc3C(=Nc3ccc(F)c(Br)c3)NO)cs2)CC1.O=C(O)C(F)(F)F. The predicted octanol–water partition coefficient (Wildman–Crippen LogP) is 4.57. The molecule has 3 aromatic rings. The molecule has 40 heavy (non-hydrogen) atoms. The van der Waals surface area contributed by atoms with Crippen LogP contribution in [0.25, 0.3) is 0 Å². The Bertz CT molecular complexity index is 1360. The van der Waals surface area contributed by atoms with Gasteiger partial charge in [-0.2, -0.15) is 13.2 Å². The largest absolute Gasteiger partial charge is 0.490 e. The van der Waals surface area contributed by atoms with E-state index in [9.17, 15) is 27.6 Å². The maximum atomic E-state index is 13.5. The smallest absolute Gasteiger partial charge is 0.475 e. The first-order valence-electron chi connectivity index (χ1n) is 11.5. The molecule has 0 aliphatic carbocycles. The molecule has 1 aliphatic rings. The molecule has 0 bridgehead atoms. The summed E-state index contributed by atoms with van der Waals surface area (Å²) in [6, 6.07) is 4.04. The van der Waals surface area contributed by atoms with Crippen molar-refractivity contribution in [3.8, 4) is 0 Å². The fourth-order valence-electron chi connectivity index (χ4n) is 3.49. The van der Waals surface area contributed by atoms with Crippen molar-refractivity contribution in [2.45, 2.75) is 31.9 Å². The Kier molecular flexibility index (Phi) is 10.7. The number of carbonyl (C=O) groups excluding carboxylic acids is 1. The van der Waals surface area contributed by atoms with Gasteiger partial charge in [0.25, 0.3) is 5.91 Å². The Morgan fingerprint density at radius 3 is 2.52 bits per heavy atom. The number of nitrogens with one attached hydrogen (secondary N) is 2. The average Bonchev–Trinajstić information content (AvgIpc) is 3.59. The van der Waals surface area contributed by atoms with Crippen molar-refractivity contribution in [3.63, 3.8) is 0 Å². The molecule has 1 aromatic carbocycles. The number of anilines is 1. The van der Waals surface area contributed by atoms with Crippen molar-refractivity contribution in [1.29, 1.82) is 0 Å². The molecular weight excluding hydrogens is 630 g/mol. The summed E-state index contributed by atoms with van der Waals surface area (Å²) < 4.78 is 50.1. The summed E-state index contributed by atoms with van der Waals surface area (Å²) in [4.78, 5) is 32.7. The number of benzene rings is 1. The van der Waals surface area contributed by atoms with E-state index in [-0.39, 0.29) is 27.5 Å². The zero-order valence-corrected chi connectivity index (χ0v) is 23.0. The van der Waals surface area contributed by atoms with Crippen LogP contribution in [0.15, 0.2) is 37.7 Å². The first kappa shape index (κ1) is 31.1. The molecule has 1 amide bonds. The molecule has 0 unspecified atom stereocenters. The Balaban J connectivity index is 0.000000559. The first-order chi connectivity index (χ1) is 18.9. The van der Waals surface area contributed by atoms with Gasteiger partial charge >= 0.3 is 12.1 Å². The van der Waals surface area contributed by atoms with Gasteiger partial charge in [0.15, 0.2) is 11.5 Å². The summed E-state index contributed by atoms with van der Waals surface area (Å²) in [5.41, 5.74) is 2.45. The van der Waals surface area contributed by atoms with Gasteiger partial charge in [0.2, 0.25) is 5.82 Å². The molecule has 1 fully saturated rings. The Labute approximate surface area is 236 Å². The van der Waals surface area contributed by atoms with Gasteiger partial charge in [0, 0.05) is 11.3 Å². The fourth-order valence-corrected chi connectivity index (χ4v) is 4.83. The maximum absolute atomic E-state index is 13.5. The van der Waals surface area contributed by atoms with E-state index in [1.165, 1.54) is 29.5 Å². The number of hydroxylamine groups is 1. The van der Waals surface area contributed by atoms with Gasteiger partial charge in [0.1, 0.15) is 11.5 Å². The highest BCUT2D eigenvalue weighted by Gasteiger charge is 2.38. The number of amidine groups is 1. The molecule has 216 valence electrons. The molecule has 0 spiro atoms. The summed E-state index contributed by atoms with van der Waals surface area (Å²) in [5, 5.41) is 29.3. The second-order valence-corrected chi connectivity index (χ2v) is 9.91. The number of hydrogen-bond donors (Lipinski definition) is 4. The highest BCUT2D eigenvalue weighted by Crippen LogP contribution is 2.30. The van der Waals surface area contributed by atoms with Crippen LogP contribution in [0.4, 0.5) is 29.1 Å². The second kappa shape index (κ2) is 13.7. The van der Waals surface area contributed by atoms with Crippen molar-refractivity contribution >= 4 is 56.5 Å². The number of carboxylic acids is 1. The number of amides is 1. The van der Waals surface area contributed by atoms with Crippen molar-refractivity contribution in [2.75, 3.05) is 25.0 Å². The van der Waals surface area contributed by atoms with Gasteiger partial charge in [-0.25, -0.2) is 23.8 Å². The number of alkyl halides is 3. The summed E-state index contributed by atoms with van der Waals surface area (Å²) in [6.07, 6.45) is -3.05. The number of hydrogen-bond acceptors (Lipinski definition) is 10. The molecule has 1 aliphatic heterocycles. The summed E-state index contributed by atoms with van der Waals surface area (Å²) >= 11 is 4.54. The molecule has 2 aromatic heterocycles. The minimum absolute atomic E-state index is 0.0336. The van der Waals surface area contributed by atoms with Crippen LogP contribution in [0.5, 0.6) is 0 Å². The number of carbonyl (C=O) groups is 2. The summed E-state index contributed by atoms with van der Waals surface area (Å²) in [7, 11) is 0. The van der Waals surface area contributed by atoms with E-state index >= 15 is 0 Å². The zero-order valence-electron chi connectivity index (χ0n) is 20.6. The standard InChI is InChI=1S/C20H21BrFN7O3S.C2HF3O2/c1-2-29-7-5-11(6-8-29)20-24-15(10-33-20)19(30)25-18-16(27-32-28-18)17(26-31)23-12-3-4-14(22)13(21)9-12;3-2(4,5)1(6)7/h3-4,9-11,31H,2,5-8H2,1H3,(H,23,26)(H,25,28,30);(H,6,7). The Hall–Kier alpha value is -3.48. The third-order valence-corrected chi connectivity index (χ3v) is 7.19. The monoisotopic (exact) mass is 651 g/mol. The van der Waals surface area contributed by atoms with Crippen LogP contribution in [-0.2, 0) is 4.79 Å². The molecule has 0 radical (unpaired) electrons. The van der Waals surface area contributed by atoms with E-state index in [1.54, 1.807) is 5.38 Å². The second-order valence-electron chi connectivity index (χ2n) is 8.17. The fraction of sp³-hybridized carbons (Fsp3) is 0.364. The lowest BCUT2D eigenvalue weighted by Gasteiger charge is -2.29. The maximum Gasteiger partial charge on any atom is 0.490 e. The van der Waals surface area contributed by atoms with Crippen LogP contribution >= 0.6 is 27.3 Å². The van der Waals surface area contributed by atoms with Crippen LogP contribution in [0.2, 0.25) is 0 Å². The molecule has 0 saturated carbocycles. The van der Waals surface area contributed by atoms with Gasteiger partial charge in [-0.1, -0.05) is 6.92 Å². The number of aliphatic carboxylic acids is 1. The van der Waals surface area contributed by atoms with E-state index < -0.39 is 23.9 Å². The molecule has 1 saturated heterocycles. The number of carboxylic acid groups (broad SMARTS) is 1. The van der Waals surface area contributed by atoms with Crippen LogP contribution in [-0.4, -0.2) is 74.0 Å². The van der Waals surface area contributed by atoms with E-state index in [4.69, 9.17) is 14.5 Å². The number of aromatic nitrogens is 3. The number of nitrogens with zero attached hydrogens (tertiary/aromatic N) is 5. The lowest BCUT2D eigenvalue weighted by Crippen LogP contribution is -2.32. The normalized spacial score (nSPS) is 14.8. The number of likely N-dealkylation sites (tertiary alicyclic amines) is 1. The number of thiazole rings is 1. The van der Waals surface area contributed by atoms with E-state index in [0.717, 1.165) is 37.5 Å². The third-order valence-electron chi connectivity index (χ3n) is 5.58. The van der Waals surface area contributed by atoms with Gasteiger partial charge in [0.05, 0.1) is 15.2 Å². The lowest BCUT2D eigenvalue weighted by atomic mass is 9.98. The van der Waals surface area contributed by atoms with Gasteiger partial charge < -0.3 is 15.3 Å². The minimum atomic E-state index is -5.08. The number of aliphatic imine (C=N–C) groups is 1. The van der Waals surface area contributed by atoms with Crippen LogP contribution < -0.4 is 10.8 Å². The molecular formula is C22H22BrF4N7O5S. The Morgan fingerprint density at radius 1 is 1.27 bits per heavy atom. The van der Waals surface area contributed by atoms with Crippen molar-refractivity contribution in [3.05, 3.63) is 50.3 Å². The highest BCUT2D eigenvalue weighted by atomic mass is 79.9. The lowest BCUT2D eigenvalue weighted by molar-refractivity contribution is -0.192. The van der Waals surface area contributed by atoms with E-state index in [2.05, 4.69) is 53.4 Å². The molecule has 18 heteroatoms. The van der Waals surface area contributed by atoms with Crippen molar-refractivity contribution in [2.24, 2.45) is 4.99 Å². The van der Waals surface area contributed by atoms with Crippen LogP contribution in [0.3, 0.4) is 0 Å². The topological polar surface area (TPSA) is 166 Å². The zero-order chi connectivity index (χ0) is 29.4. The quantitative estimate of drug-likeness (QED) is 0.128. The predicted molar refractivity (Wildman–Crippen MR) is 137 cm³/mol. The van der Waals surface area contributed by atoms with E-state index in [0.29, 0.717) is 11.6 Å². The molecule has 12 nitrogen and oxygen atoms in total. The van der Waals surface area contributed by atoms with Gasteiger partial charge in [-0.15, -0.1) is 11.3 Å². The molecule has 4 N–H and O–H groups in total. The Morgan fingerprint density at radius 2 is 1.95 bits per heavy atom. The van der Waals surface area contributed by atoms with Crippen LogP contribution in [0, 0.1) is 5.82 Å². The average molecular weight is 652 g/mol. The molecule has 3 heterocycles. The molecule has 0 atom stereocenters. The number of piperidine rings is 1. The third kappa shape index (κ3) is 8.26. The van der Waals surface area contributed by atoms with Gasteiger partial charge in [-0.05, 0) is 76.9 Å². The van der Waals surface area contributed by atoms with E-state index in [1.807, 2.05) is 5.48 Å². The van der Waals surface area contributed by atoms with Crippen LogP contribution in [0.1, 0.15) is 46.9 Å².